The zero-order valence-corrected chi connectivity index (χ0v) is 16.2. The summed E-state index contributed by atoms with van der Waals surface area (Å²) >= 11 is 6.56. The van der Waals surface area contributed by atoms with Gasteiger partial charge in [-0.15, -0.1) is 0 Å². The second kappa shape index (κ2) is 7.37. The van der Waals surface area contributed by atoms with Crippen molar-refractivity contribution in [3.8, 4) is 0 Å². The summed E-state index contributed by atoms with van der Waals surface area (Å²) in [5, 5.41) is 9.71. The maximum atomic E-state index is 12.3. The molecule has 0 atom stereocenters. The number of carbonyl (C=O) groups excluding carboxylic acids is 2. The van der Waals surface area contributed by atoms with Crippen molar-refractivity contribution >= 4 is 72.5 Å². The van der Waals surface area contributed by atoms with Gasteiger partial charge in [0, 0.05) is 18.0 Å². The number of para-hydroxylation sites is 1. The molecular weight excluding hydrogens is 396 g/mol. The summed E-state index contributed by atoms with van der Waals surface area (Å²) < 4.78 is 6.40. The van der Waals surface area contributed by atoms with E-state index in [1.807, 2.05) is 24.3 Å². The van der Waals surface area contributed by atoms with E-state index in [0.717, 1.165) is 15.6 Å². The van der Waals surface area contributed by atoms with Crippen LogP contribution >= 0.6 is 23.6 Å². The zero-order valence-electron chi connectivity index (χ0n) is 14.6. The first-order valence-corrected chi connectivity index (χ1v) is 9.49. The van der Waals surface area contributed by atoms with Crippen LogP contribution in [0.3, 0.4) is 0 Å². The van der Waals surface area contributed by atoms with Gasteiger partial charge in [0.1, 0.15) is 5.58 Å². The molecule has 4 aromatic rings. The molecule has 2 aromatic carbocycles. The monoisotopic (exact) mass is 410 g/mol. The number of aromatic nitrogens is 1. The summed E-state index contributed by atoms with van der Waals surface area (Å²) in [6.45, 7) is 1.45. The highest BCUT2D eigenvalue weighted by atomic mass is 32.1. The Morgan fingerprint density at radius 3 is 2.71 bits per heavy atom. The van der Waals surface area contributed by atoms with Gasteiger partial charge in [-0.25, -0.2) is 4.98 Å². The molecule has 0 bridgehead atoms. The number of fused-ring (bicyclic) bond motifs is 2. The van der Waals surface area contributed by atoms with Crippen LogP contribution < -0.4 is 16.0 Å². The summed E-state index contributed by atoms with van der Waals surface area (Å²) in [5.74, 6) is -0.408. The van der Waals surface area contributed by atoms with Gasteiger partial charge in [-0.05, 0) is 42.5 Å². The van der Waals surface area contributed by atoms with Crippen molar-refractivity contribution in [3.05, 3.63) is 54.3 Å². The molecule has 9 heteroatoms. The number of thiocarbonyl (C=S) groups is 1. The van der Waals surface area contributed by atoms with Crippen molar-refractivity contribution in [1.82, 2.24) is 10.3 Å². The van der Waals surface area contributed by atoms with Gasteiger partial charge in [0.2, 0.25) is 5.91 Å². The number of rotatable bonds is 3. The minimum absolute atomic E-state index is 0.117. The molecule has 7 nitrogen and oxygen atoms in total. The standard InChI is InChI=1S/C19H14N4O3S2/c1-10(24)20-12-6-7-13-16(9-12)28-19(21-13)23-18(27)22-17(25)15-8-11-4-2-3-5-14(11)26-15/h2-9H,1H3,(H,20,24)(H2,21,22,23,25,27). The van der Waals surface area contributed by atoms with Gasteiger partial charge in [0.25, 0.3) is 5.91 Å². The number of anilines is 2. The van der Waals surface area contributed by atoms with Gasteiger partial charge in [-0.2, -0.15) is 0 Å². The largest absolute Gasteiger partial charge is 0.451 e. The van der Waals surface area contributed by atoms with Gasteiger partial charge in [0.15, 0.2) is 16.0 Å². The van der Waals surface area contributed by atoms with Crippen LogP contribution in [0.1, 0.15) is 17.5 Å². The Labute approximate surface area is 168 Å². The van der Waals surface area contributed by atoms with E-state index in [9.17, 15) is 9.59 Å². The minimum atomic E-state index is -0.442. The molecule has 0 aliphatic carbocycles. The van der Waals surface area contributed by atoms with E-state index < -0.39 is 5.91 Å². The summed E-state index contributed by atoms with van der Waals surface area (Å²) in [5.41, 5.74) is 2.08. The molecule has 3 N–H and O–H groups in total. The van der Waals surface area contributed by atoms with E-state index in [-0.39, 0.29) is 16.8 Å². The second-order valence-corrected chi connectivity index (χ2v) is 7.38. The first-order chi connectivity index (χ1) is 13.5. The summed E-state index contributed by atoms with van der Waals surface area (Å²) in [7, 11) is 0. The van der Waals surface area contributed by atoms with Gasteiger partial charge in [-0.1, -0.05) is 29.5 Å². The SMILES string of the molecule is CC(=O)Nc1ccc2nc(NC(=S)NC(=O)c3cc4ccccc4o3)sc2c1. The number of furan rings is 1. The molecular formula is C19H14N4O3S2. The molecule has 0 saturated carbocycles. The number of benzene rings is 2. The molecule has 2 amide bonds. The third kappa shape index (κ3) is 3.85. The van der Waals surface area contributed by atoms with E-state index in [4.69, 9.17) is 16.6 Å². The smallest absolute Gasteiger partial charge is 0.293 e. The lowest BCUT2D eigenvalue weighted by atomic mass is 10.2. The van der Waals surface area contributed by atoms with E-state index in [1.165, 1.54) is 18.3 Å². The maximum absolute atomic E-state index is 12.3. The Hall–Kier alpha value is -3.30. The highest BCUT2D eigenvalue weighted by Crippen LogP contribution is 2.28. The summed E-state index contributed by atoms with van der Waals surface area (Å²) in [6.07, 6.45) is 0. The van der Waals surface area contributed by atoms with Crippen LogP contribution in [-0.2, 0) is 4.79 Å². The predicted molar refractivity (Wildman–Crippen MR) is 114 cm³/mol. The zero-order chi connectivity index (χ0) is 19.7. The lowest BCUT2D eigenvalue weighted by Gasteiger charge is -2.04. The first kappa shape index (κ1) is 18.1. The molecule has 0 aliphatic heterocycles. The van der Waals surface area contributed by atoms with Crippen molar-refractivity contribution in [3.63, 3.8) is 0 Å². The van der Waals surface area contributed by atoms with Crippen molar-refractivity contribution in [2.24, 2.45) is 0 Å². The summed E-state index contributed by atoms with van der Waals surface area (Å²) in [6, 6.07) is 14.4. The van der Waals surface area contributed by atoms with Crippen molar-refractivity contribution in [1.29, 1.82) is 0 Å². The highest BCUT2D eigenvalue weighted by Gasteiger charge is 2.14. The quantitative estimate of drug-likeness (QED) is 0.440. The Morgan fingerprint density at radius 1 is 1.11 bits per heavy atom. The molecule has 0 saturated heterocycles. The van der Waals surface area contributed by atoms with E-state index in [2.05, 4.69) is 20.9 Å². The third-order valence-corrected chi connectivity index (χ3v) is 4.94. The molecule has 28 heavy (non-hydrogen) atoms. The highest BCUT2D eigenvalue weighted by molar-refractivity contribution is 7.80. The lowest BCUT2D eigenvalue weighted by molar-refractivity contribution is -0.114. The maximum Gasteiger partial charge on any atom is 0.293 e. The topological polar surface area (TPSA) is 96.3 Å². The third-order valence-electron chi connectivity index (χ3n) is 3.81. The van der Waals surface area contributed by atoms with Crippen LogP contribution in [0.4, 0.5) is 10.8 Å². The number of nitrogens with one attached hydrogen (secondary N) is 3. The van der Waals surface area contributed by atoms with Crippen LogP contribution in [0.15, 0.2) is 52.9 Å². The van der Waals surface area contributed by atoms with Gasteiger partial charge in [-0.3, -0.25) is 14.9 Å². The molecule has 0 radical (unpaired) electrons. The predicted octanol–water partition coefficient (Wildman–Crippen LogP) is 4.13. The molecule has 0 fully saturated rings. The normalized spacial score (nSPS) is 10.8. The Bertz CT molecular complexity index is 1200. The van der Waals surface area contributed by atoms with Crippen molar-refractivity contribution in [2.75, 3.05) is 10.6 Å². The van der Waals surface area contributed by atoms with Crippen LogP contribution in [0.25, 0.3) is 21.2 Å². The fourth-order valence-corrected chi connectivity index (χ4v) is 3.81. The average molecular weight is 410 g/mol. The summed E-state index contributed by atoms with van der Waals surface area (Å²) in [4.78, 5) is 27.9. The van der Waals surface area contributed by atoms with Gasteiger partial charge >= 0.3 is 0 Å². The Morgan fingerprint density at radius 2 is 1.93 bits per heavy atom. The molecule has 4 rings (SSSR count). The van der Waals surface area contributed by atoms with Crippen molar-refractivity contribution < 1.29 is 14.0 Å². The van der Waals surface area contributed by atoms with E-state index in [0.29, 0.717) is 16.4 Å². The van der Waals surface area contributed by atoms with Crippen molar-refractivity contribution in [2.45, 2.75) is 6.92 Å². The minimum Gasteiger partial charge on any atom is -0.451 e. The molecule has 0 aliphatic rings. The average Bonchev–Trinajstić information content (AvgIpc) is 3.23. The molecule has 140 valence electrons. The molecule has 2 heterocycles. The number of thiazole rings is 1. The molecule has 0 spiro atoms. The number of carbonyl (C=O) groups is 2. The van der Waals surface area contributed by atoms with E-state index >= 15 is 0 Å². The van der Waals surface area contributed by atoms with E-state index in [1.54, 1.807) is 24.3 Å². The number of hydrogen-bond donors (Lipinski definition) is 3. The fraction of sp³-hybridized carbons (Fsp3) is 0.0526. The fourth-order valence-electron chi connectivity index (χ4n) is 2.65. The molecule has 0 unspecified atom stereocenters. The second-order valence-electron chi connectivity index (χ2n) is 5.94. The van der Waals surface area contributed by atoms with Gasteiger partial charge in [0.05, 0.1) is 10.2 Å². The van der Waals surface area contributed by atoms with Crippen LogP contribution in [0.5, 0.6) is 0 Å². The number of hydrogen-bond acceptors (Lipinski definition) is 6. The Balaban J connectivity index is 1.45. The van der Waals surface area contributed by atoms with Gasteiger partial charge < -0.3 is 15.1 Å². The first-order valence-electron chi connectivity index (χ1n) is 8.27. The van der Waals surface area contributed by atoms with Crippen LogP contribution in [0.2, 0.25) is 0 Å². The van der Waals surface area contributed by atoms with Crippen LogP contribution in [0, 0.1) is 0 Å². The number of amides is 2. The lowest BCUT2D eigenvalue weighted by Crippen LogP contribution is -2.33. The Kier molecular flexibility index (Phi) is 4.76. The van der Waals surface area contributed by atoms with Crippen LogP contribution in [-0.4, -0.2) is 21.9 Å². The number of nitrogens with zero attached hydrogens (tertiary/aromatic N) is 1. The molecule has 2 aromatic heterocycles.